The molecule has 23 heavy (non-hydrogen) atoms. The summed E-state index contributed by atoms with van der Waals surface area (Å²) in [6, 6.07) is 10.2. The van der Waals surface area contributed by atoms with Crippen LogP contribution in [0.5, 0.6) is 0 Å². The summed E-state index contributed by atoms with van der Waals surface area (Å²) in [6.45, 7) is 5.66. The Morgan fingerprint density at radius 1 is 1.04 bits per heavy atom. The van der Waals surface area contributed by atoms with Crippen molar-refractivity contribution in [2.75, 3.05) is 26.2 Å². The first kappa shape index (κ1) is 16.6. The third kappa shape index (κ3) is 3.66. The molecule has 2 aliphatic heterocycles. The topological polar surface area (TPSA) is 49.9 Å². The summed E-state index contributed by atoms with van der Waals surface area (Å²) >= 11 is 0. The molecule has 0 radical (unpaired) electrons. The Labute approximate surface area is 138 Å². The monoisotopic (exact) mass is 336 g/mol. The lowest BCUT2D eigenvalue weighted by molar-refractivity contribution is -0.0454. The minimum atomic E-state index is -3.41. The second-order valence-electron chi connectivity index (χ2n) is 6.29. The number of hydrogen-bond donors (Lipinski definition) is 0. The average molecular weight is 336 g/mol. The highest BCUT2D eigenvalue weighted by Gasteiger charge is 2.35. The second kappa shape index (κ2) is 6.73. The molecular formula is C17H24N2O3S. The van der Waals surface area contributed by atoms with Crippen LogP contribution in [0.3, 0.4) is 0 Å². The molecule has 1 fully saturated rings. The fraction of sp³-hybridized carbons (Fsp3) is 0.529. The first-order valence-electron chi connectivity index (χ1n) is 8.12. The molecule has 5 nitrogen and oxygen atoms in total. The Morgan fingerprint density at radius 3 is 2.26 bits per heavy atom. The van der Waals surface area contributed by atoms with Crippen molar-refractivity contribution in [1.82, 2.24) is 8.61 Å². The fourth-order valence-corrected chi connectivity index (χ4v) is 4.97. The molecule has 2 atom stereocenters. The van der Waals surface area contributed by atoms with Crippen molar-refractivity contribution in [3.8, 4) is 0 Å². The number of benzene rings is 1. The molecule has 0 aliphatic carbocycles. The normalized spacial score (nSPS) is 27.7. The molecule has 3 rings (SSSR count). The maximum atomic E-state index is 12.8. The van der Waals surface area contributed by atoms with Gasteiger partial charge < -0.3 is 4.74 Å². The summed E-state index contributed by atoms with van der Waals surface area (Å²) in [4.78, 5) is 0. The van der Waals surface area contributed by atoms with Gasteiger partial charge in [-0.15, -0.1) is 0 Å². The third-order valence-electron chi connectivity index (χ3n) is 4.36. The Kier molecular flexibility index (Phi) is 4.87. The van der Waals surface area contributed by atoms with E-state index >= 15 is 0 Å². The average Bonchev–Trinajstić information content (AvgIpc) is 2.55. The summed E-state index contributed by atoms with van der Waals surface area (Å²) in [6.07, 6.45) is 2.66. The summed E-state index contributed by atoms with van der Waals surface area (Å²) in [7, 11) is -3.41. The summed E-state index contributed by atoms with van der Waals surface area (Å²) in [5.41, 5.74) is 2.40. The Morgan fingerprint density at radius 2 is 1.70 bits per heavy atom. The van der Waals surface area contributed by atoms with Gasteiger partial charge in [0.05, 0.1) is 12.2 Å². The van der Waals surface area contributed by atoms with Crippen LogP contribution in [0.25, 0.3) is 5.57 Å². The van der Waals surface area contributed by atoms with E-state index < -0.39 is 10.2 Å². The zero-order valence-electron chi connectivity index (χ0n) is 13.7. The second-order valence-corrected chi connectivity index (χ2v) is 8.21. The van der Waals surface area contributed by atoms with Crippen LogP contribution in [0.15, 0.2) is 36.4 Å². The van der Waals surface area contributed by atoms with Crippen LogP contribution in [-0.4, -0.2) is 55.4 Å². The van der Waals surface area contributed by atoms with Gasteiger partial charge in [0.15, 0.2) is 0 Å². The van der Waals surface area contributed by atoms with Crippen LogP contribution in [-0.2, 0) is 14.9 Å². The molecule has 2 aliphatic rings. The maximum absolute atomic E-state index is 12.8. The number of nitrogens with zero attached hydrogens (tertiary/aromatic N) is 2. The van der Waals surface area contributed by atoms with Crippen LogP contribution in [0.2, 0.25) is 0 Å². The Hall–Kier alpha value is -1.21. The molecule has 0 unspecified atom stereocenters. The number of rotatable bonds is 3. The quantitative estimate of drug-likeness (QED) is 0.850. The van der Waals surface area contributed by atoms with Gasteiger partial charge in [-0.1, -0.05) is 36.4 Å². The van der Waals surface area contributed by atoms with E-state index in [1.54, 1.807) is 8.61 Å². The van der Waals surface area contributed by atoms with E-state index in [0.717, 1.165) is 6.42 Å². The number of ether oxygens (including phenoxy) is 1. The number of hydrogen-bond acceptors (Lipinski definition) is 3. The lowest BCUT2D eigenvalue weighted by atomic mass is 10.0. The predicted octanol–water partition coefficient (Wildman–Crippen LogP) is 2.13. The van der Waals surface area contributed by atoms with Crippen LogP contribution in [0.1, 0.15) is 25.8 Å². The van der Waals surface area contributed by atoms with E-state index in [1.807, 2.05) is 38.1 Å². The van der Waals surface area contributed by atoms with Crippen molar-refractivity contribution in [1.29, 1.82) is 0 Å². The summed E-state index contributed by atoms with van der Waals surface area (Å²) < 4.78 is 34.5. The van der Waals surface area contributed by atoms with E-state index in [-0.39, 0.29) is 12.2 Å². The molecule has 0 bridgehead atoms. The summed E-state index contributed by atoms with van der Waals surface area (Å²) in [5, 5.41) is 0. The van der Waals surface area contributed by atoms with Gasteiger partial charge in [0.25, 0.3) is 10.2 Å². The van der Waals surface area contributed by atoms with Gasteiger partial charge in [-0.2, -0.15) is 17.0 Å². The van der Waals surface area contributed by atoms with Crippen LogP contribution >= 0.6 is 0 Å². The lowest BCUT2D eigenvalue weighted by Crippen LogP contribution is -2.53. The van der Waals surface area contributed by atoms with Gasteiger partial charge in [-0.05, 0) is 31.4 Å². The molecule has 1 aromatic carbocycles. The Bertz CT molecular complexity index is 662. The smallest absolute Gasteiger partial charge is 0.282 e. The third-order valence-corrected chi connectivity index (χ3v) is 6.29. The molecule has 0 N–H and O–H groups in total. The predicted molar refractivity (Wildman–Crippen MR) is 91.1 cm³/mol. The molecule has 2 heterocycles. The van der Waals surface area contributed by atoms with Gasteiger partial charge in [-0.25, -0.2) is 0 Å². The zero-order valence-corrected chi connectivity index (χ0v) is 14.5. The van der Waals surface area contributed by atoms with Gasteiger partial charge in [0.2, 0.25) is 0 Å². The molecule has 0 amide bonds. The van der Waals surface area contributed by atoms with Gasteiger partial charge in [0.1, 0.15) is 0 Å². The van der Waals surface area contributed by atoms with Gasteiger partial charge in [-0.3, -0.25) is 0 Å². The number of morpholine rings is 1. The molecule has 1 aromatic rings. The van der Waals surface area contributed by atoms with E-state index in [2.05, 4.69) is 12.1 Å². The van der Waals surface area contributed by atoms with Crippen molar-refractivity contribution in [2.24, 2.45) is 0 Å². The van der Waals surface area contributed by atoms with Gasteiger partial charge >= 0.3 is 0 Å². The van der Waals surface area contributed by atoms with E-state index in [0.29, 0.717) is 26.2 Å². The molecule has 0 aromatic heterocycles. The Balaban J connectivity index is 1.72. The molecule has 6 heteroatoms. The van der Waals surface area contributed by atoms with E-state index in [1.165, 1.54) is 11.1 Å². The largest absolute Gasteiger partial charge is 0.373 e. The highest BCUT2D eigenvalue weighted by atomic mass is 32.2. The highest BCUT2D eigenvalue weighted by molar-refractivity contribution is 7.86. The standard InChI is InChI=1S/C17H24N2O3S/c1-14-12-19(13-15(2)22-14)23(20,21)18-10-8-17(9-11-18)16-6-4-3-5-7-16/h3-8,14-15H,9-13H2,1-2H3/t14-,15-/m0/s1. The molecule has 0 saturated carbocycles. The minimum absolute atomic E-state index is 0.0614. The zero-order chi connectivity index (χ0) is 16.4. The SMILES string of the molecule is C[C@H]1CN(S(=O)(=O)N2CC=C(c3ccccc3)CC2)C[C@H](C)O1. The maximum Gasteiger partial charge on any atom is 0.282 e. The molecule has 126 valence electrons. The van der Waals surface area contributed by atoms with Crippen molar-refractivity contribution in [2.45, 2.75) is 32.5 Å². The summed E-state index contributed by atoms with van der Waals surface area (Å²) in [5.74, 6) is 0. The van der Waals surface area contributed by atoms with Gasteiger partial charge in [0, 0.05) is 26.2 Å². The minimum Gasteiger partial charge on any atom is -0.373 e. The molecule has 1 saturated heterocycles. The first-order chi connectivity index (χ1) is 11.0. The van der Waals surface area contributed by atoms with Crippen molar-refractivity contribution >= 4 is 15.8 Å². The van der Waals surface area contributed by atoms with Crippen molar-refractivity contribution in [3.63, 3.8) is 0 Å². The van der Waals surface area contributed by atoms with Crippen LogP contribution in [0.4, 0.5) is 0 Å². The fourth-order valence-electron chi connectivity index (χ4n) is 3.26. The molecule has 0 spiro atoms. The van der Waals surface area contributed by atoms with Crippen molar-refractivity contribution in [3.05, 3.63) is 42.0 Å². The van der Waals surface area contributed by atoms with Crippen LogP contribution < -0.4 is 0 Å². The molecular weight excluding hydrogens is 312 g/mol. The van der Waals surface area contributed by atoms with E-state index in [4.69, 9.17) is 4.74 Å². The van der Waals surface area contributed by atoms with Crippen LogP contribution in [0, 0.1) is 0 Å². The highest BCUT2D eigenvalue weighted by Crippen LogP contribution is 2.25. The first-order valence-corrected chi connectivity index (χ1v) is 9.51. The van der Waals surface area contributed by atoms with E-state index in [9.17, 15) is 8.42 Å². The van der Waals surface area contributed by atoms with Crippen molar-refractivity contribution < 1.29 is 13.2 Å². The lowest BCUT2D eigenvalue weighted by Gasteiger charge is -2.38.